The number of esters is 1. The molecule has 2 rings (SSSR count). The number of carbonyl (C=O) groups is 1. The summed E-state index contributed by atoms with van der Waals surface area (Å²) in [6, 6.07) is 6.06. The minimum absolute atomic E-state index is 0.391. The Morgan fingerprint density at radius 1 is 1.31 bits per heavy atom. The lowest BCUT2D eigenvalue weighted by atomic mass is 9.90. The molecule has 1 unspecified atom stereocenters. The summed E-state index contributed by atoms with van der Waals surface area (Å²) in [5.74, 6) is -0.391. The predicted octanol–water partition coefficient (Wildman–Crippen LogP) is 3.02. The van der Waals surface area contributed by atoms with Gasteiger partial charge in [-0.15, -0.1) is 11.6 Å². The highest BCUT2D eigenvalue weighted by Crippen LogP contribution is 2.28. The zero-order chi connectivity index (χ0) is 11.5. The normalized spacial score (nSPS) is 16.4. The first-order valence-electron chi connectivity index (χ1n) is 5.56. The van der Waals surface area contributed by atoms with E-state index in [2.05, 4.69) is 10.8 Å². The van der Waals surface area contributed by atoms with Crippen molar-refractivity contribution in [2.45, 2.75) is 31.1 Å². The van der Waals surface area contributed by atoms with E-state index in [0.29, 0.717) is 0 Å². The molecular formula is C13H15ClO2. The smallest absolute Gasteiger partial charge is 0.328 e. The van der Waals surface area contributed by atoms with Gasteiger partial charge in [0, 0.05) is 0 Å². The number of hydrogen-bond acceptors (Lipinski definition) is 2. The van der Waals surface area contributed by atoms with Crippen molar-refractivity contribution in [3.05, 3.63) is 34.9 Å². The average molecular weight is 239 g/mol. The van der Waals surface area contributed by atoms with Crippen molar-refractivity contribution in [1.82, 2.24) is 0 Å². The first-order valence-corrected chi connectivity index (χ1v) is 5.99. The number of carbonyl (C=O) groups excluding carboxylic acids is 1. The molecular weight excluding hydrogens is 224 g/mol. The molecule has 0 N–H and O–H groups in total. The summed E-state index contributed by atoms with van der Waals surface area (Å²) in [5, 5.41) is -0.683. The lowest BCUT2D eigenvalue weighted by molar-refractivity contribution is -0.140. The Hall–Kier alpha value is -1.02. The van der Waals surface area contributed by atoms with Crippen LogP contribution in [0.15, 0.2) is 18.2 Å². The second-order valence-electron chi connectivity index (χ2n) is 4.12. The van der Waals surface area contributed by atoms with Crippen LogP contribution in [0, 0.1) is 0 Å². The molecule has 1 aromatic rings. The summed E-state index contributed by atoms with van der Waals surface area (Å²) in [6.07, 6.45) is 4.71. The quantitative estimate of drug-likeness (QED) is 0.585. The minimum Gasteiger partial charge on any atom is -0.468 e. The third-order valence-corrected chi connectivity index (χ3v) is 3.50. The zero-order valence-corrected chi connectivity index (χ0v) is 10.1. The second kappa shape index (κ2) is 4.88. The Morgan fingerprint density at radius 2 is 2.00 bits per heavy atom. The Bertz CT molecular complexity index is 401. The van der Waals surface area contributed by atoms with Gasteiger partial charge in [0.15, 0.2) is 5.38 Å². The van der Waals surface area contributed by atoms with Crippen molar-refractivity contribution in [3.63, 3.8) is 0 Å². The van der Waals surface area contributed by atoms with E-state index in [9.17, 15) is 4.79 Å². The molecule has 1 aliphatic carbocycles. The van der Waals surface area contributed by atoms with Crippen LogP contribution in [0.1, 0.15) is 34.9 Å². The minimum atomic E-state index is -0.683. The highest BCUT2D eigenvalue weighted by atomic mass is 35.5. The summed E-state index contributed by atoms with van der Waals surface area (Å²) in [6.45, 7) is 0. The summed E-state index contributed by atoms with van der Waals surface area (Å²) >= 11 is 6.02. The Kier molecular flexibility index (Phi) is 3.49. The van der Waals surface area contributed by atoms with E-state index >= 15 is 0 Å². The summed E-state index contributed by atoms with van der Waals surface area (Å²) in [4.78, 5) is 11.3. The van der Waals surface area contributed by atoms with Gasteiger partial charge in [-0.25, -0.2) is 0 Å². The van der Waals surface area contributed by atoms with Crippen LogP contribution < -0.4 is 0 Å². The van der Waals surface area contributed by atoms with E-state index in [4.69, 9.17) is 11.6 Å². The number of halogens is 1. The summed E-state index contributed by atoms with van der Waals surface area (Å²) in [5.41, 5.74) is 3.57. The van der Waals surface area contributed by atoms with Crippen molar-refractivity contribution < 1.29 is 9.53 Å². The molecule has 0 bridgehead atoms. The van der Waals surface area contributed by atoms with E-state index in [0.717, 1.165) is 18.4 Å². The third-order valence-electron chi connectivity index (χ3n) is 3.07. The van der Waals surface area contributed by atoms with Gasteiger partial charge in [0.2, 0.25) is 0 Å². The Morgan fingerprint density at radius 3 is 2.69 bits per heavy atom. The molecule has 1 aromatic carbocycles. The first-order chi connectivity index (χ1) is 7.72. The lowest BCUT2D eigenvalue weighted by Gasteiger charge is -2.17. The van der Waals surface area contributed by atoms with Crippen molar-refractivity contribution in [3.8, 4) is 0 Å². The number of alkyl halides is 1. The van der Waals surface area contributed by atoms with Gasteiger partial charge in [-0.1, -0.05) is 18.2 Å². The molecule has 0 aliphatic heterocycles. The van der Waals surface area contributed by atoms with Gasteiger partial charge < -0.3 is 4.74 Å². The number of fused-ring (bicyclic) bond motifs is 1. The van der Waals surface area contributed by atoms with Gasteiger partial charge in [0.05, 0.1) is 7.11 Å². The summed E-state index contributed by atoms with van der Waals surface area (Å²) < 4.78 is 4.64. The Balaban J connectivity index is 2.26. The van der Waals surface area contributed by atoms with Crippen LogP contribution in [0.5, 0.6) is 0 Å². The van der Waals surface area contributed by atoms with Crippen molar-refractivity contribution in [1.29, 1.82) is 0 Å². The van der Waals surface area contributed by atoms with Gasteiger partial charge in [0.1, 0.15) is 0 Å². The molecule has 0 radical (unpaired) electrons. The molecule has 0 spiro atoms. The molecule has 16 heavy (non-hydrogen) atoms. The molecule has 0 saturated carbocycles. The first kappa shape index (κ1) is 11.5. The van der Waals surface area contributed by atoms with E-state index in [1.807, 2.05) is 12.1 Å². The van der Waals surface area contributed by atoms with Crippen LogP contribution in [0.4, 0.5) is 0 Å². The maximum atomic E-state index is 11.3. The predicted molar refractivity (Wildman–Crippen MR) is 63.7 cm³/mol. The van der Waals surface area contributed by atoms with E-state index in [-0.39, 0.29) is 0 Å². The second-order valence-corrected chi connectivity index (χ2v) is 4.56. The highest BCUT2D eigenvalue weighted by molar-refractivity contribution is 6.29. The Labute approximate surface area is 101 Å². The molecule has 0 fully saturated rings. The van der Waals surface area contributed by atoms with Gasteiger partial charge in [-0.3, -0.25) is 4.79 Å². The molecule has 1 aliphatic rings. The lowest BCUT2D eigenvalue weighted by Crippen LogP contribution is -2.10. The van der Waals surface area contributed by atoms with Crippen molar-refractivity contribution in [2.75, 3.05) is 7.11 Å². The van der Waals surface area contributed by atoms with Crippen LogP contribution in [-0.2, 0) is 22.4 Å². The fourth-order valence-electron chi connectivity index (χ4n) is 2.15. The number of ether oxygens (including phenoxy) is 1. The largest absolute Gasteiger partial charge is 0.468 e. The molecule has 1 atom stereocenters. The number of benzene rings is 1. The van der Waals surface area contributed by atoms with Crippen molar-refractivity contribution >= 4 is 17.6 Å². The van der Waals surface area contributed by atoms with Crippen LogP contribution in [0.3, 0.4) is 0 Å². The maximum Gasteiger partial charge on any atom is 0.328 e. The third kappa shape index (κ3) is 2.22. The fraction of sp³-hybridized carbons (Fsp3) is 0.462. The van der Waals surface area contributed by atoms with Crippen molar-refractivity contribution in [2.24, 2.45) is 0 Å². The standard InChI is InChI=1S/C13H15ClO2/c1-16-13(15)12(14)11-7-6-9-4-2-3-5-10(9)8-11/h6-8,12H,2-5H2,1H3. The molecule has 86 valence electrons. The molecule has 0 saturated heterocycles. The number of hydrogen-bond donors (Lipinski definition) is 0. The number of rotatable bonds is 2. The molecule has 0 aromatic heterocycles. The molecule has 0 amide bonds. The van der Waals surface area contributed by atoms with Crippen LogP contribution >= 0.6 is 11.6 Å². The maximum absolute atomic E-state index is 11.3. The van der Waals surface area contributed by atoms with Gasteiger partial charge >= 0.3 is 5.97 Å². The van der Waals surface area contributed by atoms with E-state index in [1.165, 1.54) is 31.1 Å². The van der Waals surface area contributed by atoms with Crippen LogP contribution in [0.2, 0.25) is 0 Å². The van der Waals surface area contributed by atoms with E-state index < -0.39 is 11.3 Å². The highest BCUT2D eigenvalue weighted by Gasteiger charge is 2.19. The zero-order valence-electron chi connectivity index (χ0n) is 9.33. The molecule has 0 heterocycles. The SMILES string of the molecule is COC(=O)C(Cl)c1ccc2c(c1)CCCC2. The topological polar surface area (TPSA) is 26.3 Å². The summed E-state index contributed by atoms with van der Waals surface area (Å²) in [7, 11) is 1.36. The molecule has 2 nitrogen and oxygen atoms in total. The van der Waals surface area contributed by atoms with Gasteiger partial charge in [-0.05, 0) is 42.4 Å². The number of aryl methyl sites for hydroxylation is 2. The molecule has 3 heteroatoms. The van der Waals surface area contributed by atoms with E-state index in [1.54, 1.807) is 0 Å². The number of methoxy groups -OCH3 is 1. The van der Waals surface area contributed by atoms with Gasteiger partial charge in [-0.2, -0.15) is 0 Å². The van der Waals surface area contributed by atoms with Gasteiger partial charge in [0.25, 0.3) is 0 Å². The average Bonchev–Trinajstić information content (AvgIpc) is 2.36. The fourth-order valence-corrected chi connectivity index (χ4v) is 2.38. The van der Waals surface area contributed by atoms with Crippen LogP contribution in [0.25, 0.3) is 0 Å². The van der Waals surface area contributed by atoms with Crippen LogP contribution in [-0.4, -0.2) is 13.1 Å². The monoisotopic (exact) mass is 238 g/mol.